The third-order valence-electron chi connectivity index (χ3n) is 3.38. The van der Waals surface area contributed by atoms with E-state index in [2.05, 4.69) is 11.4 Å². The zero-order valence-electron chi connectivity index (χ0n) is 8.48. The van der Waals surface area contributed by atoms with Crippen molar-refractivity contribution in [1.82, 2.24) is 9.88 Å². The lowest BCUT2D eigenvalue weighted by Gasteiger charge is -2.37. The van der Waals surface area contributed by atoms with Gasteiger partial charge in [0, 0.05) is 30.8 Å². The molecule has 1 unspecified atom stereocenters. The van der Waals surface area contributed by atoms with Crippen molar-refractivity contribution >= 4 is 24.0 Å². The summed E-state index contributed by atoms with van der Waals surface area (Å²) in [7, 11) is 0. The number of nitrogens with one attached hydrogen (secondary N) is 1. The first-order valence-corrected chi connectivity index (χ1v) is 5.25. The molecule has 3 nitrogen and oxygen atoms in total. The molecule has 2 bridgehead atoms. The Kier molecular flexibility index (Phi) is 3.16. The summed E-state index contributed by atoms with van der Waals surface area (Å²) >= 11 is 0. The van der Waals surface area contributed by atoms with Crippen LogP contribution >= 0.6 is 24.0 Å². The van der Waals surface area contributed by atoms with Gasteiger partial charge in [-0.15, -0.1) is 24.0 Å². The lowest BCUT2D eigenvalue weighted by atomic mass is 9.84. The van der Waals surface area contributed by atoms with E-state index in [1.807, 2.05) is 10.6 Å². The van der Waals surface area contributed by atoms with Gasteiger partial charge in [-0.2, -0.15) is 0 Å². The highest BCUT2D eigenvalue weighted by atomic mass is 127. The minimum atomic E-state index is 0. The molecule has 0 spiro atoms. The summed E-state index contributed by atoms with van der Waals surface area (Å²) < 4.78 is 1.96. The van der Waals surface area contributed by atoms with Crippen LogP contribution in [0.4, 0.5) is 0 Å². The molecule has 82 valence electrons. The van der Waals surface area contributed by atoms with Crippen molar-refractivity contribution in [2.75, 3.05) is 13.1 Å². The highest BCUT2D eigenvalue weighted by molar-refractivity contribution is 14.0. The van der Waals surface area contributed by atoms with Crippen molar-refractivity contribution in [3.05, 3.63) is 34.2 Å². The quantitative estimate of drug-likeness (QED) is 0.729. The van der Waals surface area contributed by atoms with Crippen LogP contribution in [-0.2, 0) is 6.54 Å². The van der Waals surface area contributed by atoms with Gasteiger partial charge in [0.15, 0.2) is 0 Å². The largest absolute Gasteiger partial charge is 0.316 e. The van der Waals surface area contributed by atoms with E-state index in [4.69, 9.17) is 0 Å². The molecular formula is C11H15IN2O. The average Bonchev–Trinajstić information content (AvgIpc) is 2.20. The smallest absolute Gasteiger partial charge is 0.250 e. The number of aromatic nitrogens is 1. The fourth-order valence-electron chi connectivity index (χ4n) is 2.74. The predicted molar refractivity (Wildman–Crippen MR) is 69.8 cm³/mol. The van der Waals surface area contributed by atoms with E-state index in [1.165, 1.54) is 12.1 Å². The first kappa shape index (κ1) is 11.1. The number of piperidine rings is 1. The van der Waals surface area contributed by atoms with Gasteiger partial charge in [0.05, 0.1) is 0 Å². The standard InChI is InChI=1S/C11H14N2O.HI/c14-11-3-1-2-10-9-4-8(5-12-6-9)7-13(10)11;/h1-3,8-9,12H,4-7H2;1H/t8?,9-;/m1./s1. The third kappa shape index (κ3) is 1.85. The SMILES string of the molecule is I.O=c1cccc2n1CC1CNC[C@H]2C1. The van der Waals surface area contributed by atoms with Gasteiger partial charge in [0.1, 0.15) is 0 Å². The van der Waals surface area contributed by atoms with Crippen molar-refractivity contribution in [3.63, 3.8) is 0 Å². The minimum Gasteiger partial charge on any atom is -0.316 e. The molecule has 0 amide bonds. The number of pyridine rings is 1. The fourth-order valence-corrected chi connectivity index (χ4v) is 2.74. The molecule has 1 aromatic heterocycles. The lowest BCUT2D eigenvalue weighted by molar-refractivity contribution is 0.257. The van der Waals surface area contributed by atoms with Gasteiger partial charge in [-0.3, -0.25) is 4.79 Å². The molecule has 2 atom stereocenters. The maximum absolute atomic E-state index is 11.6. The van der Waals surface area contributed by atoms with Crippen LogP contribution in [0.3, 0.4) is 0 Å². The zero-order valence-corrected chi connectivity index (χ0v) is 10.8. The Labute approximate surface area is 106 Å². The van der Waals surface area contributed by atoms with Crippen molar-refractivity contribution in [2.24, 2.45) is 5.92 Å². The van der Waals surface area contributed by atoms with E-state index < -0.39 is 0 Å². The number of fused-ring (bicyclic) bond motifs is 4. The third-order valence-corrected chi connectivity index (χ3v) is 3.38. The monoisotopic (exact) mass is 318 g/mol. The van der Waals surface area contributed by atoms with Crippen LogP contribution in [0.5, 0.6) is 0 Å². The van der Waals surface area contributed by atoms with Gasteiger partial charge in [-0.1, -0.05) is 6.07 Å². The van der Waals surface area contributed by atoms with Crippen LogP contribution in [0.1, 0.15) is 18.0 Å². The second-order valence-electron chi connectivity index (χ2n) is 4.36. The van der Waals surface area contributed by atoms with Gasteiger partial charge >= 0.3 is 0 Å². The zero-order chi connectivity index (χ0) is 9.54. The molecule has 1 N–H and O–H groups in total. The van der Waals surface area contributed by atoms with E-state index in [1.54, 1.807) is 6.07 Å². The molecule has 15 heavy (non-hydrogen) atoms. The highest BCUT2D eigenvalue weighted by Crippen LogP contribution is 2.31. The molecule has 1 aromatic rings. The Hall–Kier alpha value is -0.360. The summed E-state index contributed by atoms with van der Waals surface area (Å²) in [5, 5.41) is 3.43. The molecule has 2 aliphatic heterocycles. The molecule has 1 fully saturated rings. The van der Waals surface area contributed by atoms with Crippen LogP contribution in [0.2, 0.25) is 0 Å². The predicted octanol–water partition coefficient (Wildman–Crippen LogP) is 1.17. The van der Waals surface area contributed by atoms with Crippen LogP contribution in [-0.4, -0.2) is 17.7 Å². The van der Waals surface area contributed by atoms with Gasteiger partial charge in [0.2, 0.25) is 0 Å². The highest BCUT2D eigenvalue weighted by Gasteiger charge is 2.30. The topological polar surface area (TPSA) is 34.0 Å². The van der Waals surface area contributed by atoms with Gasteiger partial charge < -0.3 is 9.88 Å². The Morgan fingerprint density at radius 1 is 1.33 bits per heavy atom. The van der Waals surface area contributed by atoms with Crippen molar-refractivity contribution < 1.29 is 0 Å². The first-order valence-electron chi connectivity index (χ1n) is 5.25. The van der Waals surface area contributed by atoms with Gasteiger partial charge in [-0.25, -0.2) is 0 Å². The van der Waals surface area contributed by atoms with Crippen LogP contribution in [0.15, 0.2) is 23.0 Å². The van der Waals surface area contributed by atoms with E-state index in [0.29, 0.717) is 11.8 Å². The molecular weight excluding hydrogens is 303 g/mol. The van der Waals surface area contributed by atoms with Gasteiger partial charge in [0.25, 0.3) is 5.56 Å². The second-order valence-corrected chi connectivity index (χ2v) is 4.36. The second kappa shape index (κ2) is 4.25. The maximum Gasteiger partial charge on any atom is 0.250 e. The molecule has 2 aliphatic rings. The maximum atomic E-state index is 11.6. The van der Waals surface area contributed by atoms with Crippen LogP contribution in [0.25, 0.3) is 0 Å². The molecule has 0 aliphatic carbocycles. The van der Waals surface area contributed by atoms with E-state index in [9.17, 15) is 4.79 Å². The van der Waals surface area contributed by atoms with E-state index >= 15 is 0 Å². The normalized spacial score (nSPS) is 27.7. The lowest BCUT2D eigenvalue weighted by Crippen LogP contribution is -2.44. The molecule has 0 radical (unpaired) electrons. The van der Waals surface area contributed by atoms with E-state index in [-0.39, 0.29) is 29.5 Å². The summed E-state index contributed by atoms with van der Waals surface area (Å²) in [5.41, 5.74) is 1.39. The molecule has 0 saturated carbocycles. The Bertz CT molecular complexity index is 415. The van der Waals surface area contributed by atoms with Crippen molar-refractivity contribution in [3.8, 4) is 0 Å². The van der Waals surface area contributed by atoms with Crippen molar-refractivity contribution in [2.45, 2.75) is 18.9 Å². The first-order chi connectivity index (χ1) is 6.84. The summed E-state index contributed by atoms with van der Waals surface area (Å²) in [6.07, 6.45) is 1.25. The summed E-state index contributed by atoms with van der Waals surface area (Å²) in [4.78, 5) is 11.6. The summed E-state index contributed by atoms with van der Waals surface area (Å²) in [6, 6.07) is 5.64. The molecule has 3 rings (SSSR count). The Morgan fingerprint density at radius 3 is 3.07 bits per heavy atom. The molecule has 0 aromatic carbocycles. The number of halogens is 1. The fraction of sp³-hybridized carbons (Fsp3) is 0.545. The van der Waals surface area contributed by atoms with Crippen LogP contribution in [0, 0.1) is 5.92 Å². The molecule has 3 heterocycles. The number of rotatable bonds is 0. The molecule has 1 saturated heterocycles. The minimum absolute atomic E-state index is 0. The van der Waals surface area contributed by atoms with E-state index in [0.717, 1.165) is 19.6 Å². The van der Waals surface area contributed by atoms with Gasteiger partial charge in [-0.05, 0) is 24.9 Å². The average molecular weight is 318 g/mol. The Morgan fingerprint density at radius 2 is 2.20 bits per heavy atom. The van der Waals surface area contributed by atoms with Crippen molar-refractivity contribution in [1.29, 1.82) is 0 Å². The number of hydrogen-bond donors (Lipinski definition) is 1. The number of nitrogens with zero attached hydrogens (tertiary/aromatic N) is 1. The molecule has 4 heteroatoms. The Balaban J connectivity index is 0.000000853. The van der Waals surface area contributed by atoms with Crippen LogP contribution < -0.4 is 10.9 Å². The summed E-state index contributed by atoms with van der Waals surface area (Å²) in [6.45, 7) is 3.00. The number of hydrogen-bond acceptors (Lipinski definition) is 2. The summed E-state index contributed by atoms with van der Waals surface area (Å²) in [5.74, 6) is 1.21.